The van der Waals surface area contributed by atoms with Gasteiger partial charge in [-0.05, 0) is 24.1 Å². The average molecular weight is 620 g/mol. The second kappa shape index (κ2) is 21.4. The number of primary amides is 2. The Labute approximate surface area is 255 Å². The van der Waals surface area contributed by atoms with Crippen molar-refractivity contribution in [1.29, 1.82) is 0 Å². The number of urea groups is 1. The molecule has 16 heteroatoms. The summed E-state index contributed by atoms with van der Waals surface area (Å²) < 4.78 is 4.87. The van der Waals surface area contributed by atoms with Crippen LogP contribution in [0.2, 0.25) is 0 Å². The zero-order valence-electron chi connectivity index (χ0n) is 25.3. The third kappa shape index (κ3) is 16.9. The fourth-order valence-corrected chi connectivity index (χ4v) is 3.16. The molecule has 0 aromatic heterocycles. The fourth-order valence-electron chi connectivity index (χ4n) is 3.16. The van der Waals surface area contributed by atoms with Crippen LogP contribution in [-0.4, -0.2) is 78.0 Å². The van der Waals surface area contributed by atoms with Gasteiger partial charge in [-0.2, -0.15) is 0 Å². The summed E-state index contributed by atoms with van der Waals surface area (Å²) in [6.45, 7) is 7.36. The number of amides is 8. The number of ether oxygens (including phenoxy) is 1. The van der Waals surface area contributed by atoms with E-state index in [0.29, 0.717) is 17.8 Å². The molecule has 0 saturated heterocycles. The summed E-state index contributed by atoms with van der Waals surface area (Å²) in [5, 5.41) is 9.61. The van der Waals surface area contributed by atoms with Crippen LogP contribution >= 0.6 is 0 Å². The number of esters is 1. The van der Waals surface area contributed by atoms with Crippen LogP contribution in [-0.2, 0) is 44.9 Å². The first-order valence-electron chi connectivity index (χ1n) is 13.8. The average Bonchev–Trinajstić information content (AvgIpc) is 3.30. The fraction of sp³-hybridized carbons (Fsp3) is 0.429. The first kappa shape index (κ1) is 38.7. The first-order valence-corrected chi connectivity index (χ1v) is 13.8. The van der Waals surface area contributed by atoms with Crippen molar-refractivity contribution in [1.82, 2.24) is 20.9 Å². The molecule has 16 nitrogen and oxygen atoms in total. The number of imide groups is 1. The Morgan fingerprint density at radius 2 is 1.50 bits per heavy atom. The predicted molar refractivity (Wildman–Crippen MR) is 159 cm³/mol. The summed E-state index contributed by atoms with van der Waals surface area (Å²) in [4.78, 5) is 92.7. The molecule has 1 heterocycles. The Morgan fingerprint density at radius 3 is 1.98 bits per heavy atom. The van der Waals surface area contributed by atoms with Crippen molar-refractivity contribution in [2.75, 3.05) is 25.0 Å². The summed E-state index contributed by atoms with van der Waals surface area (Å²) >= 11 is 0. The van der Waals surface area contributed by atoms with E-state index in [0.717, 1.165) is 23.5 Å². The highest BCUT2D eigenvalue weighted by Gasteiger charge is 2.26. The van der Waals surface area contributed by atoms with E-state index < -0.39 is 66.5 Å². The van der Waals surface area contributed by atoms with Crippen molar-refractivity contribution in [3.63, 3.8) is 0 Å². The van der Waals surface area contributed by atoms with Crippen LogP contribution in [0.5, 0.6) is 0 Å². The van der Waals surface area contributed by atoms with Crippen LogP contribution in [0.4, 0.5) is 10.5 Å². The summed E-state index contributed by atoms with van der Waals surface area (Å²) in [7, 11) is 0. The van der Waals surface area contributed by atoms with Crippen molar-refractivity contribution in [2.24, 2.45) is 11.5 Å². The van der Waals surface area contributed by atoms with E-state index in [-0.39, 0.29) is 19.6 Å². The normalized spacial score (nSPS) is 12.0. The monoisotopic (exact) mass is 619 g/mol. The first-order chi connectivity index (χ1) is 20.8. The standard InChI is InChI=1S/C22H25N5O8.C4H10N2O.C2H6/c1-13(28)35-12-14-2-4-15(5-3-14)25-19(31)11-24-22(34)16(10-17(23)29)26-18(30)8-9-27-20(32)6-7-21(27)33;1-2-3-6-4(5)7;1-2/h2-7,16H,8-12H2,1H3,(H2,23,29)(H,24,34)(H,25,31)(H,26,30);2-3H2,1H3,(H3,5,6,7);1-2H3. The second-order valence-corrected chi connectivity index (χ2v) is 8.74. The molecule has 242 valence electrons. The molecule has 2 rings (SSSR count). The van der Waals surface area contributed by atoms with Gasteiger partial charge in [0.25, 0.3) is 11.8 Å². The summed E-state index contributed by atoms with van der Waals surface area (Å²) in [6.07, 6.45) is 2.27. The number of hydrogen-bond acceptors (Lipinski definition) is 9. The molecule has 1 aliphatic rings. The zero-order valence-corrected chi connectivity index (χ0v) is 25.3. The molecule has 0 aliphatic carbocycles. The molecule has 8 N–H and O–H groups in total. The number of carbonyl (C=O) groups excluding carboxylic acids is 8. The molecular weight excluding hydrogens is 578 g/mol. The molecule has 0 fully saturated rings. The lowest BCUT2D eigenvalue weighted by Crippen LogP contribution is -2.50. The lowest BCUT2D eigenvalue weighted by Gasteiger charge is -2.18. The second-order valence-electron chi connectivity index (χ2n) is 8.74. The van der Waals surface area contributed by atoms with Crippen LogP contribution < -0.4 is 32.7 Å². The van der Waals surface area contributed by atoms with Gasteiger partial charge in [-0.1, -0.05) is 32.9 Å². The number of hydrogen-bond donors (Lipinski definition) is 6. The molecule has 0 saturated carbocycles. The van der Waals surface area contributed by atoms with Gasteiger partial charge < -0.3 is 37.5 Å². The number of rotatable bonds is 14. The Balaban J connectivity index is 0.00000180. The molecule has 0 spiro atoms. The molecule has 1 unspecified atom stereocenters. The van der Waals surface area contributed by atoms with Gasteiger partial charge in [-0.15, -0.1) is 0 Å². The molecule has 0 radical (unpaired) electrons. The minimum absolute atomic E-state index is 0.0914. The van der Waals surface area contributed by atoms with Gasteiger partial charge in [0, 0.05) is 44.3 Å². The highest BCUT2D eigenvalue weighted by Crippen LogP contribution is 2.10. The number of carbonyl (C=O) groups is 8. The number of anilines is 1. The number of nitrogens with one attached hydrogen (secondary N) is 4. The van der Waals surface area contributed by atoms with Crippen molar-refractivity contribution >= 4 is 53.1 Å². The van der Waals surface area contributed by atoms with E-state index in [1.54, 1.807) is 24.3 Å². The maximum absolute atomic E-state index is 12.4. The van der Waals surface area contributed by atoms with Crippen molar-refractivity contribution < 1.29 is 43.1 Å². The minimum atomic E-state index is -1.35. The van der Waals surface area contributed by atoms with Gasteiger partial charge >= 0.3 is 12.0 Å². The summed E-state index contributed by atoms with van der Waals surface area (Å²) in [5.41, 5.74) is 11.0. The van der Waals surface area contributed by atoms with Gasteiger partial charge in [0.05, 0.1) is 13.0 Å². The zero-order chi connectivity index (χ0) is 33.7. The van der Waals surface area contributed by atoms with Gasteiger partial charge in [0.2, 0.25) is 23.6 Å². The smallest absolute Gasteiger partial charge is 0.312 e. The van der Waals surface area contributed by atoms with Crippen molar-refractivity contribution in [3.05, 3.63) is 42.0 Å². The van der Waals surface area contributed by atoms with Crippen LogP contribution in [0.15, 0.2) is 36.4 Å². The summed E-state index contributed by atoms with van der Waals surface area (Å²) in [6, 6.07) is 4.67. The van der Waals surface area contributed by atoms with Crippen LogP contribution in [0.25, 0.3) is 0 Å². The molecule has 1 aromatic carbocycles. The third-order valence-corrected chi connectivity index (χ3v) is 5.17. The van der Waals surface area contributed by atoms with E-state index in [9.17, 15) is 38.4 Å². The summed E-state index contributed by atoms with van der Waals surface area (Å²) in [5.74, 6) is -4.49. The Morgan fingerprint density at radius 1 is 0.909 bits per heavy atom. The van der Waals surface area contributed by atoms with Gasteiger partial charge in [0.15, 0.2) is 0 Å². The lowest BCUT2D eigenvalue weighted by molar-refractivity contribution is -0.142. The Kier molecular flexibility index (Phi) is 18.9. The third-order valence-electron chi connectivity index (χ3n) is 5.17. The Bertz CT molecular complexity index is 1180. The molecule has 0 bridgehead atoms. The molecule has 1 atom stereocenters. The molecule has 1 aromatic rings. The molecule has 8 amide bonds. The van der Waals surface area contributed by atoms with Crippen LogP contribution in [0.3, 0.4) is 0 Å². The lowest BCUT2D eigenvalue weighted by atomic mass is 10.1. The van der Waals surface area contributed by atoms with E-state index >= 15 is 0 Å². The SMILES string of the molecule is CC.CC(=O)OCc1ccc(NC(=O)CNC(=O)C(CC(N)=O)NC(=O)CCN2C(=O)C=CC2=O)cc1.CCCNC(N)=O. The van der Waals surface area contributed by atoms with E-state index in [1.165, 1.54) is 6.92 Å². The quantitative estimate of drug-likeness (QED) is 0.117. The van der Waals surface area contributed by atoms with Crippen LogP contribution in [0.1, 0.15) is 52.5 Å². The minimum Gasteiger partial charge on any atom is -0.461 e. The topological polar surface area (TPSA) is 249 Å². The van der Waals surface area contributed by atoms with Crippen molar-refractivity contribution in [3.8, 4) is 0 Å². The highest BCUT2D eigenvalue weighted by molar-refractivity contribution is 6.13. The number of nitrogens with two attached hydrogens (primary N) is 2. The van der Waals surface area contributed by atoms with Gasteiger partial charge in [0.1, 0.15) is 12.6 Å². The maximum atomic E-state index is 12.4. The predicted octanol–water partition coefficient (Wildman–Crippen LogP) is -0.429. The van der Waals surface area contributed by atoms with Crippen molar-refractivity contribution in [2.45, 2.75) is 59.6 Å². The largest absolute Gasteiger partial charge is 0.461 e. The van der Waals surface area contributed by atoms with Crippen LogP contribution in [0, 0.1) is 0 Å². The highest BCUT2D eigenvalue weighted by atomic mass is 16.5. The van der Waals surface area contributed by atoms with Gasteiger partial charge in [-0.3, -0.25) is 38.5 Å². The Hall–Kier alpha value is -5.28. The molecular formula is C28H41N7O9. The van der Waals surface area contributed by atoms with Gasteiger partial charge in [-0.25, -0.2) is 4.79 Å². The van der Waals surface area contributed by atoms with E-state index in [2.05, 4.69) is 21.3 Å². The number of benzene rings is 1. The van der Waals surface area contributed by atoms with E-state index in [1.807, 2.05) is 20.8 Å². The number of nitrogens with zero attached hydrogens (tertiary/aromatic N) is 1. The molecule has 44 heavy (non-hydrogen) atoms. The van der Waals surface area contributed by atoms with E-state index in [4.69, 9.17) is 16.2 Å². The molecule has 1 aliphatic heterocycles. The maximum Gasteiger partial charge on any atom is 0.312 e.